The van der Waals surface area contributed by atoms with Gasteiger partial charge in [0, 0.05) is 11.3 Å². The molecule has 0 atom stereocenters. The Balaban J connectivity index is 1.93. The Bertz CT molecular complexity index is 799. The molecular formula is C18H18N2O2. The van der Waals surface area contributed by atoms with E-state index < -0.39 is 0 Å². The molecule has 1 aromatic heterocycles. The van der Waals surface area contributed by atoms with Crippen molar-refractivity contribution in [2.24, 2.45) is 0 Å². The van der Waals surface area contributed by atoms with Crippen molar-refractivity contribution in [2.75, 3.05) is 5.32 Å². The average molecular weight is 294 g/mol. The molecule has 0 bridgehead atoms. The number of oxazole rings is 1. The molecule has 4 heteroatoms. The summed E-state index contributed by atoms with van der Waals surface area (Å²) < 4.78 is 5.20. The van der Waals surface area contributed by atoms with E-state index in [1.165, 1.54) is 6.39 Å². The van der Waals surface area contributed by atoms with Crippen LogP contribution in [0.2, 0.25) is 0 Å². The van der Waals surface area contributed by atoms with E-state index in [1.807, 2.05) is 6.07 Å². The monoisotopic (exact) mass is 294 g/mol. The summed E-state index contributed by atoms with van der Waals surface area (Å²) in [4.78, 5) is 16.6. The van der Waals surface area contributed by atoms with Crippen LogP contribution in [0.25, 0.3) is 11.1 Å². The molecule has 0 aliphatic rings. The van der Waals surface area contributed by atoms with Gasteiger partial charge < -0.3 is 9.73 Å². The Morgan fingerprint density at radius 3 is 2.55 bits per heavy atom. The average Bonchev–Trinajstić information content (AvgIpc) is 3.02. The molecule has 0 aliphatic carbocycles. The summed E-state index contributed by atoms with van der Waals surface area (Å²) in [5, 5.41) is 3.06. The molecule has 0 saturated carbocycles. The second-order valence-electron chi connectivity index (χ2n) is 5.15. The SMILES string of the molecule is CCc1cccc(CC)c1NC(=O)c1ccc2ocnc2c1. The highest BCUT2D eigenvalue weighted by Crippen LogP contribution is 2.24. The fourth-order valence-corrected chi connectivity index (χ4v) is 2.59. The minimum absolute atomic E-state index is 0.125. The normalized spacial score (nSPS) is 10.8. The Morgan fingerprint density at radius 1 is 1.14 bits per heavy atom. The fraction of sp³-hybridized carbons (Fsp3) is 0.222. The summed E-state index contributed by atoms with van der Waals surface area (Å²) in [7, 11) is 0. The smallest absolute Gasteiger partial charge is 0.255 e. The maximum Gasteiger partial charge on any atom is 0.255 e. The van der Waals surface area contributed by atoms with Crippen molar-refractivity contribution < 1.29 is 9.21 Å². The third-order valence-corrected chi connectivity index (χ3v) is 3.83. The molecule has 3 aromatic rings. The quantitative estimate of drug-likeness (QED) is 0.784. The Kier molecular flexibility index (Phi) is 3.92. The molecule has 22 heavy (non-hydrogen) atoms. The van der Waals surface area contributed by atoms with Crippen molar-refractivity contribution in [3.05, 3.63) is 59.5 Å². The highest BCUT2D eigenvalue weighted by molar-refractivity contribution is 6.06. The topological polar surface area (TPSA) is 55.1 Å². The molecule has 2 aromatic carbocycles. The maximum absolute atomic E-state index is 12.5. The minimum atomic E-state index is -0.125. The number of benzene rings is 2. The van der Waals surface area contributed by atoms with Crippen molar-refractivity contribution in [2.45, 2.75) is 26.7 Å². The van der Waals surface area contributed by atoms with Gasteiger partial charge in [-0.1, -0.05) is 32.0 Å². The van der Waals surface area contributed by atoms with Crippen LogP contribution in [0.3, 0.4) is 0 Å². The van der Waals surface area contributed by atoms with Gasteiger partial charge >= 0.3 is 0 Å². The first-order valence-corrected chi connectivity index (χ1v) is 7.48. The molecule has 4 nitrogen and oxygen atoms in total. The van der Waals surface area contributed by atoms with E-state index in [2.05, 4.69) is 36.3 Å². The molecular weight excluding hydrogens is 276 g/mol. The van der Waals surface area contributed by atoms with Gasteiger partial charge in [0.15, 0.2) is 12.0 Å². The van der Waals surface area contributed by atoms with E-state index in [0.717, 1.165) is 29.7 Å². The summed E-state index contributed by atoms with van der Waals surface area (Å²) in [5.41, 5.74) is 5.17. The number of hydrogen-bond donors (Lipinski definition) is 1. The molecule has 0 fully saturated rings. The van der Waals surface area contributed by atoms with Crippen LogP contribution in [0.15, 0.2) is 47.2 Å². The number of carbonyl (C=O) groups is 1. The Morgan fingerprint density at radius 2 is 1.86 bits per heavy atom. The van der Waals surface area contributed by atoms with Crippen LogP contribution in [0.4, 0.5) is 5.69 Å². The van der Waals surface area contributed by atoms with E-state index in [9.17, 15) is 4.79 Å². The zero-order valence-corrected chi connectivity index (χ0v) is 12.7. The number of nitrogens with one attached hydrogen (secondary N) is 1. The third kappa shape index (κ3) is 2.60. The lowest BCUT2D eigenvalue weighted by molar-refractivity contribution is 0.102. The highest BCUT2D eigenvalue weighted by atomic mass is 16.3. The van der Waals surface area contributed by atoms with Crippen molar-refractivity contribution in [1.82, 2.24) is 4.98 Å². The number of rotatable bonds is 4. The van der Waals surface area contributed by atoms with Gasteiger partial charge in [0.2, 0.25) is 0 Å². The van der Waals surface area contributed by atoms with E-state index in [4.69, 9.17) is 4.42 Å². The minimum Gasteiger partial charge on any atom is -0.443 e. The molecule has 0 aliphatic heterocycles. The van der Waals surface area contributed by atoms with Gasteiger partial charge in [0.25, 0.3) is 5.91 Å². The lowest BCUT2D eigenvalue weighted by atomic mass is 10.0. The number of anilines is 1. The van der Waals surface area contributed by atoms with Crippen LogP contribution in [0, 0.1) is 0 Å². The second-order valence-corrected chi connectivity index (χ2v) is 5.15. The zero-order valence-electron chi connectivity index (χ0n) is 12.7. The largest absolute Gasteiger partial charge is 0.443 e. The maximum atomic E-state index is 12.5. The molecule has 0 unspecified atom stereocenters. The van der Waals surface area contributed by atoms with Crippen LogP contribution in [-0.4, -0.2) is 10.9 Å². The number of carbonyl (C=O) groups excluding carboxylic acids is 1. The summed E-state index contributed by atoms with van der Waals surface area (Å²) in [5.74, 6) is -0.125. The van der Waals surface area contributed by atoms with E-state index in [1.54, 1.807) is 18.2 Å². The zero-order chi connectivity index (χ0) is 15.5. The van der Waals surface area contributed by atoms with E-state index >= 15 is 0 Å². The number of hydrogen-bond acceptors (Lipinski definition) is 3. The van der Waals surface area contributed by atoms with Gasteiger partial charge in [-0.15, -0.1) is 0 Å². The van der Waals surface area contributed by atoms with Crippen LogP contribution in [-0.2, 0) is 12.8 Å². The molecule has 1 heterocycles. The van der Waals surface area contributed by atoms with Crippen LogP contribution < -0.4 is 5.32 Å². The van der Waals surface area contributed by atoms with E-state index in [0.29, 0.717) is 16.7 Å². The van der Waals surface area contributed by atoms with Crippen LogP contribution >= 0.6 is 0 Å². The lowest BCUT2D eigenvalue weighted by Crippen LogP contribution is -2.14. The summed E-state index contributed by atoms with van der Waals surface area (Å²) >= 11 is 0. The molecule has 1 N–H and O–H groups in total. The number of para-hydroxylation sites is 1. The van der Waals surface area contributed by atoms with Gasteiger partial charge in [0.1, 0.15) is 5.52 Å². The van der Waals surface area contributed by atoms with Crippen molar-refractivity contribution in [1.29, 1.82) is 0 Å². The fourth-order valence-electron chi connectivity index (χ4n) is 2.59. The van der Waals surface area contributed by atoms with Gasteiger partial charge in [-0.05, 0) is 42.2 Å². The Labute approximate surface area is 129 Å². The molecule has 0 spiro atoms. The highest BCUT2D eigenvalue weighted by Gasteiger charge is 2.13. The van der Waals surface area contributed by atoms with Crippen LogP contribution in [0.1, 0.15) is 35.3 Å². The van der Waals surface area contributed by atoms with Gasteiger partial charge in [0.05, 0.1) is 0 Å². The van der Waals surface area contributed by atoms with Gasteiger partial charge in [-0.3, -0.25) is 4.79 Å². The van der Waals surface area contributed by atoms with Gasteiger partial charge in [-0.2, -0.15) is 0 Å². The first-order chi connectivity index (χ1) is 10.7. The molecule has 3 rings (SSSR count). The summed E-state index contributed by atoms with van der Waals surface area (Å²) in [6, 6.07) is 11.4. The number of nitrogens with zero attached hydrogens (tertiary/aromatic N) is 1. The number of amides is 1. The molecule has 1 amide bonds. The Hall–Kier alpha value is -2.62. The predicted octanol–water partition coefficient (Wildman–Crippen LogP) is 4.20. The number of aromatic nitrogens is 1. The summed E-state index contributed by atoms with van der Waals surface area (Å²) in [6.07, 6.45) is 3.14. The molecule has 112 valence electrons. The second kappa shape index (κ2) is 6.02. The standard InChI is InChI=1S/C18H18N2O2/c1-3-12-6-5-7-13(4-2)17(12)20-18(21)14-8-9-16-15(10-14)19-11-22-16/h5-11H,3-4H2,1-2H3,(H,20,21). The number of aryl methyl sites for hydroxylation is 2. The summed E-state index contributed by atoms with van der Waals surface area (Å²) in [6.45, 7) is 4.18. The predicted molar refractivity (Wildman–Crippen MR) is 87.2 cm³/mol. The first kappa shape index (κ1) is 14.3. The van der Waals surface area contributed by atoms with Gasteiger partial charge in [-0.25, -0.2) is 4.98 Å². The first-order valence-electron chi connectivity index (χ1n) is 7.48. The third-order valence-electron chi connectivity index (χ3n) is 3.83. The van der Waals surface area contributed by atoms with Crippen molar-refractivity contribution in [3.63, 3.8) is 0 Å². The van der Waals surface area contributed by atoms with Crippen molar-refractivity contribution >= 4 is 22.7 Å². The van der Waals surface area contributed by atoms with E-state index in [-0.39, 0.29) is 5.91 Å². The lowest BCUT2D eigenvalue weighted by Gasteiger charge is -2.14. The molecule has 0 saturated heterocycles. The van der Waals surface area contributed by atoms with Crippen molar-refractivity contribution in [3.8, 4) is 0 Å². The molecule has 0 radical (unpaired) electrons. The number of fused-ring (bicyclic) bond motifs is 1. The van der Waals surface area contributed by atoms with Crippen LogP contribution in [0.5, 0.6) is 0 Å².